The van der Waals surface area contributed by atoms with E-state index >= 15 is 0 Å². The summed E-state index contributed by atoms with van der Waals surface area (Å²) in [6.07, 6.45) is 0.413. The van der Waals surface area contributed by atoms with Crippen LogP contribution in [0.1, 0.15) is 30.6 Å². The van der Waals surface area contributed by atoms with E-state index in [2.05, 4.69) is 0 Å². The number of Topliss-reactive ketones (excluding diaryl/α,β-unsaturated/α-hetero) is 1. The number of nitrogens with zero attached hydrogens (tertiary/aromatic N) is 1. The van der Waals surface area contributed by atoms with E-state index in [1.165, 1.54) is 6.92 Å². The van der Waals surface area contributed by atoms with Crippen molar-refractivity contribution in [3.8, 4) is 0 Å². The Balaban J connectivity index is 2.56. The standard InChI is InChI=1S/C12H13NO2/c1-8-7-12(15)10-5-3-4-6-11(10)13(8)9(2)14/h3-6,8H,7H2,1-2H3/t8-/m1/s1. The van der Waals surface area contributed by atoms with Crippen molar-refractivity contribution < 1.29 is 9.59 Å². The van der Waals surface area contributed by atoms with E-state index in [-0.39, 0.29) is 17.7 Å². The summed E-state index contributed by atoms with van der Waals surface area (Å²) < 4.78 is 0. The fourth-order valence-electron chi connectivity index (χ4n) is 2.11. The van der Waals surface area contributed by atoms with E-state index in [1.54, 1.807) is 11.0 Å². The molecule has 78 valence electrons. The number of hydrogen-bond acceptors (Lipinski definition) is 2. The summed E-state index contributed by atoms with van der Waals surface area (Å²) in [6, 6.07) is 7.24. The third kappa shape index (κ3) is 1.54. The lowest BCUT2D eigenvalue weighted by molar-refractivity contribution is -0.117. The molecule has 0 bridgehead atoms. The van der Waals surface area contributed by atoms with Crippen LogP contribution in [0.25, 0.3) is 0 Å². The molecule has 0 N–H and O–H groups in total. The summed E-state index contributed by atoms with van der Waals surface area (Å²) >= 11 is 0. The van der Waals surface area contributed by atoms with Crippen molar-refractivity contribution in [2.75, 3.05) is 4.90 Å². The molecule has 0 saturated carbocycles. The number of rotatable bonds is 0. The second kappa shape index (κ2) is 3.50. The summed E-state index contributed by atoms with van der Waals surface area (Å²) in [6.45, 7) is 3.43. The summed E-state index contributed by atoms with van der Waals surface area (Å²) in [4.78, 5) is 24.9. The number of hydrogen-bond donors (Lipinski definition) is 0. The van der Waals surface area contributed by atoms with Crippen LogP contribution in [-0.2, 0) is 4.79 Å². The maximum Gasteiger partial charge on any atom is 0.224 e. The van der Waals surface area contributed by atoms with Gasteiger partial charge in [0.2, 0.25) is 5.91 Å². The van der Waals surface area contributed by atoms with Gasteiger partial charge >= 0.3 is 0 Å². The Labute approximate surface area is 88.7 Å². The Kier molecular flexibility index (Phi) is 2.31. The third-order valence-corrected chi connectivity index (χ3v) is 2.72. The highest BCUT2D eigenvalue weighted by molar-refractivity contribution is 6.08. The zero-order valence-corrected chi connectivity index (χ0v) is 8.86. The Morgan fingerprint density at radius 1 is 1.40 bits per heavy atom. The molecule has 0 fully saturated rings. The van der Waals surface area contributed by atoms with E-state index < -0.39 is 0 Å². The van der Waals surface area contributed by atoms with E-state index in [0.29, 0.717) is 12.0 Å². The number of benzene rings is 1. The third-order valence-electron chi connectivity index (χ3n) is 2.72. The molecular formula is C12H13NO2. The van der Waals surface area contributed by atoms with Crippen LogP contribution >= 0.6 is 0 Å². The highest BCUT2D eigenvalue weighted by Gasteiger charge is 2.30. The number of ketones is 1. The Morgan fingerprint density at radius 2 is 2.07 bits per heavy atom. The summed E-state index contributed by atoms with van der Waals surface area (Å²) in [5.74, 6) is 0.109. The molecule has 3 heteroatoms. The van der Waals surface area contributed by atoms with Crippen molar-refractivity contribution in [3.63, 3.8) is 0 Å². The molecule has 0 saturated heterocycles. The molecule has 3 nitrogen and oxygen atoms in total. The number of amides is 1. The highest BCUT2D eigenvalue weighted by Crippen LogP contribution is 2.30. The van der Waals surface area contributed by atoms with Crippen LogP contribution in [0.4, 0.5) is 5.69 Å². The van der Waals surface area contributed by atoms with Crippen molar-refractivity contribution in [2.45, 2.75) is 26.3 Å². The molecule has 0 aromatic heterocycles. The molecule has 0 radical (unpaired) electrons. The van der Waals surface area contributed by atoms with Gasteiger partial charge in [-0.25, -0.2) is 0 Å². The fraction of sp³-hybridized carbons (Fsp3) is 0.333. The number of carbonyl (C=O) groups excluding carboxylic acids is 2. The molecule has 0 spiro atoms. The van der Waals surface area contributed by atoms with Crippen LogP contribution in [0.15, 0.2) is 24.3 Å². The summed E-state index contributed by atoms with van der Waals surface area (Å²) in [5.41, 5.74) is 1.40. The van der Waals surface area contributed by atoms with E-state index in [0.717, 1.165) is 5.69 Å². The first-order valence-electron chi connectivity index (χ1n) is 5.03. The van der Waals surface area contributed by atoms with Gasteiger partial charge in [-0.1, -0.05) is 12.1 Å². The SMILES string of the molecule is CC(=O)N1c2ccccc2C(=O)C[C@H]1C. The van der Waals surface area contributed by atoms with Crippen LogP contribution < -0.4 is 4.90 Å². The molecule has 15 heavy (non-hydrogen) atoms. The van der Waals surface area contributed by atoms with Crippen LogP contribution in [-0.4, -0.2) is 17.7 Å². The summed E-state index contributed by atoms with van der Waals surface area (Å²) in [5, 5.41) is 0. The quantitative estimate of drug-likeness (QED) is 0.646. The van der Waals surface area contributed by atoms with Crippen LogP contribution in [0, 0.1) is 0 Å². The van der Waals surface area contributed by atoms with Gasteiger partial charge in [0, 0.05) is 24.9 Å². The van der Waals surface area contributed by atoms with Gasteiger partial charge in [0.25, 0.3) is 0 Å². The van der Waals surface area contributed by atoms with Crippen LogP contribution in [0.5, 0.6) is 0 Å². The van der Waals surface area contributed by atoms with Gasteiger partial charge in [0.05, 0.1) is 5.69 Å². The van der Waals surface area contributed by atoms with Crippen molar-refractivity contribution >= 4 is 17.4 Å². The lowest BCUT2D eigenvalue weighted by atomic mass is 9.95. The number of carbonyl (C=O) groups is 2. The first-order valence-corrected chi connectivity index (χ1v) is 5.03. The maximum absolute atomic E-state index is 11.7. The molecule has 1 aliphatic rings. The Bertz CT molecular complexity index is 425. The monoisotopic (exact) mass is 203 g/mol. The van der Waals surface area contributed by atoms with Crippen LogP contribution in [0.3, 0.4) is 0 Å². The van der Waals surface area contributed by atoms with Gasteiger partial charge in [-0.3, -0.25) is 9.59 Å². The Morgan fingerprint density at radius 3 is 2.73 bits per heavy atom. The van der Waals surface area contributed by atoms with Gasteiger partial charge in [-0.05, 0) is 19.1 Å². The number of anilines is 1. The largest absolute Gasteiger partial charge is 0.309 e. The lowest BCUT2D eigenvalue weighted by Crippen LogP contribution is -2.42. The average Bonchev–Trinajstić information content (AvgIpc) is 2.17. The smallest absolute Gasteiger partial charge is 0.224 e. The van der Waals surface area contributed by atoms with Gasteiger partial charge in [-0.15, -0.1) is 0 Å². The fourth-order valence-corrected chi connectivity index (χ4v) is 2.11. The van der Waals surface area contributed by atoms with Crippen molar-refractivity contribution in [1.82, 2.24) is 0 Å². The predicted octanol–water partition coefficient (Wildman–Crippen LogP) is 2.01. The van der Waals surface area contributed by atoms with Crippen LogP contribution in [0.2, 0.25) is 0 Å². The minimum atomic E-state index is -0.0371. The molecule has 1 heterocycles. The van der Waals surface area contributed by atoms with Gasteiger partial charge < -0.3 is 4.90 Å². The molecule has 0 unspecified atom stereocenters. The molecule has 1 aromatic carbocycles. The predicted molar refractivity (Wildman–Crippen MR) is 58.0 cm³/mol. The molecule has 1 amide bonds. The second-order valence-electron chi connectivity index (χ2n) is 3.88. The van der Waals surface area contributed by atoms with Crippen molar-refractivity contribution in [3.05, 3.63) is 29.8 Å². The second-order valence-corrected chi connectivity index (χ2v) is 3.88. The van der Waals surface area contributed by atoms with Gasteiger partial charge in [-0.2, -0.15) is 0 Å². The zero-order valence-electron chi connectivity index (χ0n) is 8.86. The minimum Gasteiger partial charge on any atom is -0.309 e. The van der Waals surface area contributed by atoms with E-state index in [9.17, 15) is 9.59 Å². The van der Waals surface area contributed by atoms with Gasteiger partial charge in [0.15, 0.2) is 5.78 Å². The number of para-hydroxylation sites is 1. The van der Waals surface area contributed by atoms with Crippen molar-refractivity contribution in [2.24, 2.45) is 0 Å². The van der Waals surface area contributed by atoms with E-state index in [4.69, 9.17) is 0 Å². The lowest BCUT2D eigenvalue weighted by Gasteiger charge is -2.33. The molecule has 1 aromatic rings. The maximum atomic E-state index is 11.7. The normalized spacial score (nSPS) is 20.0. The molecular weight excluding hydrogens is 190 g/mol. The number of fused-ring (bicyclic) bond motifs is 1. The molecule has 0 aliphatic carbocycles. The molecule has 1 aliphatic heterocycles. The topological polar surface area (TPSA) is 37.4 Å². The average molecular weight is 203 g/mol. The van der Waals surface area contributed by atoms with Gasteiger partial charge in [0.1, 0.15) is 0 Å². The Hall–Kier alpha value is -1.64. The minimum absolute atomic E-state index is 0.0116. The first-order chi connectivity index (χ1) is 7.11. The zero-order chi connectivity index (χ0) is 11.0. The first kappa shape index (κ1) is 9.90. The molecule has 1 atom stereocenters. The summed E-state index contributed by atoms with van der Waals surface area (Å²) in [7, 11) is 0. The van der Waals surface area contributed by atoms with E-state index in [1.807, 2.05) is 25.1 Å². The molecule has 2 rings (SSSR count). The highest BCUT2D eigenvalue weighted by atomic mass is 16.2. The van der Waals surface area contributed by atoms with Crippen molar-refractivity contribution in [1.29, 1.82) is 0 Å².